The van der Waals surface area contributed by atoms with Gasteiger partial charge in [0.1, 0.15) is 5.69 Å². The van der Waals surface area contributed by atoms with Crippen LogP contribution in [0.25, 0.3) is 0 Å². The zero-order chi connectivity index (χ0) is 8.69. The third-order valence-electron chi connectivity index (χ3n) is 1.16. The molecule has 0 N–H and O–H groups in total. The van der Waals surface area contributed by atoms with E-state index < -0.39 is 0 Å². The summed E-state index contributed by atoms with van der Waals surface area (Å²) in [6.07, 6.45) is 2.37. The van der Waals surface area contributed by atoms with Crippen LogP contribution in [0.15, 0.2) is 18.3 Å². The highest BCUT2D eigenvalue weighted by Gasteiger charge is 1.91. The average Bonchev–Trinajstić information content (AvgIpc) is 2.09. The van der Waals surface area contributed by atoms with Gasteiger partial charge in [-0.15, -0.1) is 0 Å². The van der Waals surface area contributed by atoms with E-state index in [0.29, 0.717) is 5.69 Å². The maximum Gasteiger partial charge on any atom is 0.168 e. The molecule has 2 heteroatoms. The van der Waals surface area contributed by atoms with Gasteiger partial charge in [0.15, 0.2) is 6.29 Å². The van der Waals surface area contributed by atoms with Gasteiger partial charge in [-0.1, -0.05) is 19.9 Å². The molecule has 60 valence electrons. The lowest BCUT2D eigenvalue weighted by Crippen LogP contribution is -1.88. The Kier molecular flexibility index (Phi) is 4.99. The number of aromatic nitrogens is 1. The lowest BCUT2D eigenvalue weighted by atomic mass is 10.2. The van der Waals surface area contributed by atoms with E-state index in [-0.39, 0.29) is 0 Å². The summed E-state index contributed by atoms with van der Waals surface area (Å²) in [7, 11) is 0. The molecule has 1 rings (SSSR count). The van der Waals surface area contributed by atoms with Crippen molar-refractivity contribution in [2.45, 2.75) is 20.8 Å². The largest absolute Gasteiger partial charge is 0.296 e. The minimum atomic E-state index is 0.525. The van der Waals surface area contributed by atoms with Gasteiger partial charge in [0.25, 0.3) is 0 Å². The zero-order valence-corrected chi connectivity index (χ0v) is 7.16. The van der Waals surface area contributed by atoms with Gasteiger partial charge in [0.05, 0.1) is 0 Å². The second-order valence-corrected chi connectivity index (χ2v) is 1.82. The molecule has 1 heterocycles. The van der Waals surface area contributed by atoms with Crippen LogP contribution in [0.5, 0.6) is 0 Å². The number of nitrogens with zero attached hydrogens (tertiary/aromatic N) is 1. The monoisotopic (exact) mass is 151 g/mol. The number of pyridine rings is 1. The van der Waals surface area contributed by atoms with Crippen molar-refractivity contribution >= 4 is 6.29 Å². The van der Waals surface area contributed by atoms with E-state index in [1.165, 1.54) is 0 Å². The van der Waals surface area contributed by atoms with Crippen LogP contribution in [0.4, 0.5) is 0 Å². The van der Waals surface area contributed by atoms with Crippen molar-refractivity contribution < 1.29 is 4.79 Å². The summed E-state index contributed by atoms with van der Waals surface area (Å²) >= 11 is 0. The van der Waals surface area contributed by atoms with E-state index in [4.69, 9.17) is 0 Å². The quantitative estimate of drug-likeness (QED) is 0.576. The molecule has 0 spiro atoms. The number of carbonyl (C=O) groups excluding carboxylic acids is 1. The third kappa shape index (κ3) is 2.94. The van der Waals surface area contributed by atoms with Crippen LogP contribution in [0, 0.1) is 6.92 Å². The first-order valence-corrected chi connectivity index (χ1v) is 3.71. The second-order valence-electron chi connectivity index (χ2n) is 1.82. The molecule has 1 aromatic rings. The predicted molar refractivity (Wildman–Crippen MR) is 45.7 cm³/mol. The second kappa shape index (κ2) is 5.59. The summed E-state index contributed by atoms with van der Waals surface area (Å²) in [6.45, 7) is 5.86. The first-order valence-electron chi connectivity index (χ1n) is 3.71. The Morgan fingerprint density at radius 2 is 2.09 bits per heavy atom. The molecule has 1 aromatic heterocycles. The van der Waals surface area contributed by atoms with Crippen molar-refractivity contribution in [3.05, 3.63) is 29.6 Å². The predicted octanol–water partition coefficient (Wildman–Crippen LogP) is 2.23. The summed E-state index contributed by atoms with van der Waals surface area (Å²) in [5.41, 5.74) is 1.45. The van der Waals surface area contributed by atoms with E-state index in [1.54, 1.807) is 6.20 Å². The fourth-order valence-electron chi connectivity index (χ4n) is 0.621. The summed E-state index contributed by atoms with van der Waals surface area (Å²) in [5, 5.41) is 0. The Bertz CT molecular complexity index is 221. The van der Waals surface area contributed by atoms with Crippen LogP contribution < -0.4 is 0 Å². The first kappa shape index (κ1) is 9.82. The van der Waals surface area contributed by atoms with Crippen molar-refractivity contribution in [1.82, 2.24) is 4.98 Å². The van der Waals surface area contributed by atoms with Crippen molar-refractivity contribution in [1.29, 1.82) is 0 Å². The van der Waals surface area contributed by atoms with Crippen LogP contribution in [0.2, 0.25) is 0 Å². The van der Waals surface area contributed by atoms with Crippen molar-refractivity contribution in [2.24, 2.45) is 0 Å². The van der Waals surface area contributed by atoms with Crippen molar-refractivity contribution in [2.75, 3.05) is 0 Å². The Labute approximate surface area is 67.3 Å². The SMILES string of the molecule is CC.Cc1cccnc1C=O. The Hall–Kier alpha value is -1.18. The molecule has 0 atom stereocenters. The van der Waals surface area contributed by atoms with Crippen LogP contribution in [0.3, 0.4) is 0 Å². The molecule has 0 aliphatic rings. The number of aryl methyl sites for hydroxylation is 1. The fraction of sp³-hybridized carbons (Fsp3) is 0.333. The molecule has 0 unspecified atom stereocenters. The van der Waals surface area contributed by atoms with Gasteiger partial charge >= 0.3 is 0 Å². The van der Waals surface area contributed by atoms with Crippen molar-refractivity contribution in [3.8, 4) is 0 Å². The first-order chi connectivity index (χ1) is 5.34. The van der Waals surface area contributed by atoms with Crippen LogP contribution in [-0.4, -0.2) is 11.3 Å². The lowest BCUT2D eigenvalue weighted by Gasteiger charge is -1.91. The average molecular weight is 151 g/mol. The fourth-order valence-corrected chi connectivity index (χ4v) is 0.621. The molecule has 0 radical (unpaired) electrons. The van der Waals surface area contributed by atoms with E-state index in [9.17, 15) is 4.79 Å². The van der Waals surface area contributed by atoms with Crippen LogP contribution in [-0.2, 0) is 0 Å². The summed E-state index contributed by atoms with van der Waals surface area (Å²) < 4.78 is 0. The molecule has 11 heavy (non-hydrogen) atoms. The maximum absolute atomic E-state index is 10.2. The summed E-state index contributed by atoms with van der Waals surface area (Å²) in [6, 6.07) is 3.67. The maximum atomic E-state index is 10.2. The molecule has 0 bridgehead atoms. The van der Waals surface area contributed by atoms with Gasteiger partial charge in [0, 0.05) is 6.20 Å². The van der Waals surface area contributed by atoms with Crippen LogP contribution >= 0.6 is 0 Å². The standard InChI is InChI=1S/C7H7NO.C2H6/c1-6-3-2-4-8-7(6)5-9;1-2/h2-5H,1H3;1-2H3. The topological polar surface area (TPSA) is 30.0 Å². The van der Waals surface area contributed by atoms with Crippen LogP contribution in [0.1, 0.15) is 29.9 Å². The van der Waals surface area contributed by atoms with E-state index in [0.717, 1.165) is 11.8 Å². The van der Waals surface area contributed by atoms with E-state index in [1.807, 2.05) is 32.9 Å². The van der Waals surface area contributed by atoms with E-state index in [2.05, 4.69) is 4.98 Å². The lowest BCUT2D eigenvalue weighted by molar-refractivity contribution is 0.111. The molecular weight excluding hydrogens is 138 g/mol. The molecule has 0 aliphatic carbocycles. The van der Waals surface area contributed by atoms with Gasteiger partial charge in [-0.3, -0.25) is 9.78 Å². The minimum Gasteiger partial charge on any atom is -0.296 e. The number of hydrogen-bond donors (Lipinski definition) is 0. The highest BCUT2D eigenvalue weighted by molar-refractivity contribution is 5.73. The van der Waals surface area contributed by atoms with Gasteiger partial charge in [0.2, 0.25) is 0 Å². The molecule has 0 fully saturated rings. The van der Waals surface area contributed by atoms with Gasteiger partial charge in [-0.2, -0.15) is 0 Å². The molecule has 0 saturated heterocycles. The number of rotatable bonds is 1. The van der Waals surface area contributed by atoms with Crippen molar-refractivity contribution in [3.63, 3.8) is 0 Å². The van der Waals surface area contributed by atoms with Gasteiger partial charge in [-0.05, 0) is 18.6 Å². The normalized spacial score (nSPS) is 7.91. The number of hydrogen-bond acceptors (Lipinski definition) is 2. The minimum absolute atomic E-state index is 0.525. The number of aldehydes is 1. The Morgan fingerprint density at radius 1 is 1.45 bits per heavy atom. The summed E-state index contributed by atoms with van der Waals surface area (Å²) in [5.74, 6) is 0. The molecule has 0 aliphatic heterocycles. The smallest absolute Gasteiger partial charge is 0.168 e. The molecular formula is C9H13NO. The Morgan fingerprint density at radius 3 is 2.45 bits per heavy atom. The molecule has 2 nitrogen and oxygen atoms in total. The Balaban J connectivity index is 0.000000461. The zero-order valence-electron chi connectivity index (χ0n) is 7.16. The highest BCUT2D eigenvalue weighted by atomic mass is 16.1. The van der Waals surface area contributed by atoms with E-state index >= 15 is 0 Å². The third-order valence-corrected chi connectivity index (χ3v) is 1.16. The van der Waals surface area contributed by atoms with Gasteiger partial charge in [-0.25, -0.2) is 0 Å². The molecule has 0 aromatic carbocycles. The van der Waals surface area contributed by atoms with Gasteiger partial charge < -0.3 is 0 Å². The molecule has 0 saturated carbocycles. The number of carbonyl (C=O) groups is 1. The highest BCUT2D eigenvalue weighted by Crippen LogP contribution is 1.97. The summed E-state index contributed by atoms with van der Waals surface area (Å²) in [4.78, 5) is 14.0. The molecule has 0 amide bonds.